The van der Waals surface area contributed by atoms with Gasteiger partial charge >= 0.3 is 0 Å². The molecule has 0 atom stereocenters. The van der Waals surface area contributed by atoms with Gasteiger partial charge in [0.2, 0.25) is 0 Å². The van der Waals surface area contributed by atoms with E-state index in [-0.39, 0.29) is 0 Å². The Morgan fingerprint density at radius 2 is 0.768 bits per heavy atom. The molecule has 11 rings (SSSR count). The molecule has 0 bridgehead atoms. The number of hydrogen-bond donors (Lipinski definition) is 0. The van der Waals surface area contributed by atoms with Gasteiger partial charge in [0.05, 0.1) is 11.2 Å². The van der Waals surface area contributed by atoms with Gasteiger partial charge in [-0.1, -0.05) is 182 Å². The lowest BCUT2D eigenvalue weighted by atomic mass is 9.94. The van der Waals surface area contributed by atoms with E-state index in [1.807, 2.05) is 0 Å². The van der Waals surface area contributed by atoms with Crippen LogP contribution in [0.4, 0.5) is 0 Å². The predicted octanol–water partition coefficient (Wildman–Crippen LogP) is 13.4. The Hall–Kier alpha value is -7.56. The van der Waals surface area contributed by atoms with E-state index in [0.29, 0.717) is 17.5 Å². The number of fused-ring (bicyclic) bond motifs is 7. The highest BCUT2D eigenvalue weighted by atomic mass is 15.0. The van der Waals surface area contributed by atoms with Crippen molar-refractivity contribution in [3.05, 3.63) is 194 Å². The van der Waals surface area contributed by atoms with Gasteiger partial charge in [-0.05, 0) is 55.6 Å². The molecule has 0 aliphatic carbocycles. The molecule has 11 aromatic rings. The van der Waals surface area contributed by atoms with Gasteiger partial charge in [-0.25, -0.2) is 19.9 Å². The molecule has 4 nitrogen and oxygen atoms in total. The Bertz CT molecular complexity index is 3190. The second kappa shape index (κ2) is 13.1. The van der Waals surface area contributed by atoms with Crippen molar-refractivity contribution in [1.29, 1.82) is 0 Å². The highest BCUT2D eigenvalue weighted by Crippen LogP contribution is 2.38. The van der Waals surface area contributed by atoms with E-state index in [2.05, 4.69) is 194 Å². The average Bonchev–Trinajstić information content (AvgIpc) is 3.28. The van der Waals surface area contributed by atoms with Crippen LogP contribution in [0.2, 0.25) is 0 Å². The summed E-state index contributed by atoms with van der Waals surface area (Å²) in [6.07, 6.45) is 0. The first-order chi connectivity index (χ1) is 27.7. The normalized spacial score (nSPS) is 11.6. The van der Waals surface area contributed by atoms with Gasteiger partial charge in [0.1, 0.15) is 0 Å². The van der Waals surface area contributed by atoms with Crippen molar-refractivity contribution in [3.8, 4) is 56.5 Å². The molecule has 0 radical (unpaired) electrons. The van der Waals surface area contributed by atoms with Crippen LogP contribution in [-0.4, -0.2) is 19.9 Å². The molecule has 56 heavy (non-hydrogen) atoms. The first-order valence-electron chi connectivity index (χ1n) is 18.9. The Labute approximate surface area is 323 Å². The molecule has 0 saturated carbocycles. The molecule has 0 aliphatic rings. The first kappa shape index (κ1) is 31.9. The number of pyridine rings is 1. The van der Waals surface area contributed by atoms with Crippen molar-refractivity contribution in [2.45, 2.75) is 0 Å². The van der Waals surface area contributed by atoms with E-state index in [9.17, 15) is 0 Å². The van der Waals surface area contributed by atoms with Crippen molar-refractivity contribution >= 4 is 54.0 Å². The Morgan fingerprint density at radius 3 is 1.45 bits per heavy atom. The molecule has 0 N–H and O–H groups in total. The van der Waals surface area contributed by atoms with Crippen LogP contribution in [0.25, 0.3) is 111 Å². The summed E-state index contributed by atoms with van der Waals surface area (Å²) in [4.78, 5) is 20.6. The lowest BCUT2D eigenvalue weighted by Gasteiger charge is -2.14. The maximum atomic E-state index is 5.25. The van der Waals surface area contributed by atoms with Crippen LogP contribution in [0.5, 0.6) is 0 Å². The molecule has 2 heterocycles. The van der Waals surface area contributed by atoms with Crippen LogP contribution >= 0.6 is 0 Å². The zero-order valence-electron chi connectivity index (χ0n) is 30.3. The second-order valence-corrected chi connectivity index (χ2v) is 14.2. The van der Waals surface area contributed by atoms with Crippen LogP contribution in [0, 0.1) is 0 Å². The highest BCUT2D eigenvalue weighted by Gasteiger charge is 2.17. The predicted molar refractivity (Wildman–Crippen MR) is 232 cm³/mol. The fourth-order valence-corrected chi connectivity index (χ4v) is 8.19. The SMILES string of the molecule is c1cc(-c2ccc(-c3nc(-c4cccc5ccccc45)nc(-c4cccc5ccccc45)n3)cc2)cc(-c2nc3ccccc3c3c2ccc2ccccc23)c1. The maximum Gasteiger partial charge on any atom is 0.164 e. The minimum absolute atomic E-state index is 0.630. The van der Waals surface area contributed by atoms with Crippen LogP contribution in [-0.2, 0) is 0 Å². The van der Waals surface area contributed by atoms with E-state index < -0.39 is 0 Å². The number of para-hydroxylation sites is 1. The third-order valence-electron chi connectivity index (χ3n) is 10.9. The molecular weight excluding hydrogens is 681 g/mol. The quantitative estimate of drug-likeness (QED) is 0.167. The highest BCUT2D eigenvalue weighted by molar-refractivity contribution is 6.22. The molecule has 0 unspecified atom stereocenters. The zero-order chi connectivity index (χ0) is 37.0. The number of rotatable bonds is 5. The standard InChI is InChI=1S/C52H32N4/c1-4-19-40-34(12-1)15-10-23-43(40)51-54-50(55-52(56-51)44-24-11-16-35-13-2-5-20-41(35)44)37-28-26-33(27-29-37)38-17-9-18-39(32-38)49-46-31-30-36-14-3-6-21-42(36)48(46)45-22-7-8-25-47(45)53-49/h1-32H. The van der Waals surface area contributed by atoms with Gasteiger partial charge in [0, 0.05) is 38.4 Å². The summed E-state index contributed by atoms with van der Waals surface area (Å²) >= 11 is 0. The topological polar surface area (TPSA) is 51.6 Å². The molecule has 0 amide bonds. The van der Waals surface area contributed by atoms with Crippen molar-refractivity contribution in [2.24, 2.45) is 0 Å². The van der Waals surface area contributed by atoms with Crippen LogP contribution in [0.1, 0.15) is 0 Å². The molecule has 0 aliphatic heterocycles. The second-order valence-electron chi connectivity index (χ2n) is 14.2. The summed E-state index contributed by atoms with van der Waals surface area (Å²) in [7, 11) is 0. The van der Waals surface area contributed by atoms with Crippen molar-refractivity contribution in [3.63, 3.8) is 0 Å². The lowest BCUT2D eigenvalue weighted by molar-refractivity contribution is 1.08. The van der Waals surface area contributed by atoms with E-state index in [4.69, 9.17) is 19.9 Å². The van der Waals surface area contributed by atoms with Gasteiger partial charge in [-0.2, -0.15) is 0 Å². The summed E-state index contributed by atoms with van der Waals surface area (Å²) in [6, 6.07) is 68.1. The van der Waals surface area contributed by atoms with E-state index >= 15 is 0 Å². The van der Waals surface area contributed by atoms with Crippen molar-refractivity contribution in [1.82, 2.24) is 19.9 Å². The number of aromatic nitrogens is 4. The summed E-state index contributed by atoms with van der Waals surface area (Å²) in [5.74, 6) is 1.93. The van der Waals surface area contributed by atoms with Crippen LogP contribution in [0.15, 0.2) is 194 Å². The zero-order valence-corrected chi connectivity index (χ0v) is 30.3. The Balaban J connectivity index is 1.03. The fraction of sp³-hybridized carbons (Fsp3) is 0. The van der Waals surface area contributed by atoms with E-state index in [1.54, 1.807) is 0 Å². The van der Waals surface area contributed by atoms with E-state index in [1.165, 1.54) is 21.5 Å². The summed E-state index contributed by atoms with van der Waals surface area (Å²) < 4.78 is 0. The molecule has 0 saturated heterocycles. The minimum atomic E-state index is 0.630. The third-order valence-corrected chi connectivity index (χ3v) is 10.9. The molecule has 0 spiro atoms. The lowest BCUT2D eigenvalue weighted by Crippen LogP contribution is -2.01. The largest absolute Gasteiger partial charge is 0.247 e. The van der Waals surface area contributed by atoms with E-state index in [0.717, 1.165) is 71.5 Å². The molecule has 0 fully saturated rings. The third kappa shape index (κ3) is 5.39. The van der Waals surface area contributed by atoms with Gasteiger partial charge in [0.15, 0.2) is 17.5 Å². The molecule has 4 heteroatoms. The molecular formula is C52H32N4. The van der Waals surface area contributed by atoms with Crippen LogP contribution < -0.4 is 0 Å². The average molecular weight is 713 g/mol. The van der Waals surface area contributed by atoms with Gasteiger partial charge in [-0.15, -0.1) is 0 Å². The number of nitrogens with zero attached hydrogens (tertiary/aromatic N) is 4. The fourth-order valence-electron chi connectivity index (χ4n) is 8.19. The van der Waals surface area contributed by atoms with Gasteiger partial charge in [0.25, 0.3) is 0 Å². The molecule has 260 valence electrons. The number of benzene rings is 9. The van der Waals surface area contributed by atoms with Crippen molar-refractivity contribution in [2.75, 3.05) is 0 Å². The van der Waals surface area contributed by atoms with Crippen LogP contribution in [0.3, 0.4) is 0 Å². The number of hydrogen-bond acceptors (Lipinski definition) is 4. The van der Waals surface area contributed by atoms with Gasteiger partial charge < -0.3 is 0 Å². The molecule has 9 aromatic carbocycles. The first-order valence-corrected chi connectivity index (χ1v) is 18.9. The summed E-state index contributed by atoms with van der Waals surface area (Å²) in [5.41, 5.74) is 8.14. The maximum absolute atomic E-state index is 5.25. The minimum Gasteiger partial charge on any atom is -0.247 e. The van der Waals surface area contributed by atoms with Crippen molar-refractivity contribution < 1.29 is 0 Å². The monoisotopic (exact) mass is 712 g/mol. The summed E-state index contributed by atoms with van der Waals surface area (Å²) in [5, 5.41) is 10.5. The Kier molecular flexibility index (Phi) is 7.46. The smallest absolute Gasteiger partial charge is 0.164 e. The molecule has 2 aromatic heterocycles. The Morgan fingerprint density at radius 1 is 0.268 bits per heavy atom. The van der Waals surface area contributed by atoms with Gasteiger partial charge in [-0.3, -0.25) is 0 Å². The summed E-state index contributed by atoms with van der Waals surface area (Å²) in [6.45, 7) is 0.